The lowest BCUT2D eigenvalue weighted by Gasteiger charge is -1.84. The van der Waals surface area contributed by atoms with Gasteiger partial charge in [-0.3, -0.25) is 5.10 Å². The summed E-state index contributed by atoms with van der Waals surface area (Å²) >= 11 is 1.65. The molecule has 1 N–H and O–H groups in total. The van der Waals surface area contributed by atoms with E-state index in [2.05, 4.69) is 20.3 Å². The first kappa shape index (κ1) is 8.31. The first-order valence-electron chi connectivity index (χ1n) is 3.71. The minimum absolute atomic E-state index is 0.488. The van der Waals surface area contributed by atoms with Crippen molar-refractivity contribution in [2.75, 3.05) is 6.26 Å². The average molecular weight is 196 g/mol. The zero-order valence-corrected chi connectivity index (χ0v) is 7.84. The van der Waals surface area contributed by atoms with Crippen molar-refractivity contribution in [1.29, 1.82) is 0 Å². The van der Waals surface area contributed by atoms with Gasteiger partial charge in [-0.15, -0.1) is 0 Å². The Morgan fingerprint density at radius 3 is 3.23 bits per heavy atom. The van der Waals surface area contributed by atoms with Crippen LogP contribution in [0.5, 0.6) is 0 Å². The summed E-state index contributed by atoms with van der Waals surface area (Å²) < 4.78 is 5.02. The van der Waals surface area contributed by atoms with E-state index in [0.29, 0.717) is 11.7 Å². The Morgan fingerprint density at radius 2 is 2.54 bits per heavy atom. The van der Waals surface area contributed by atoms with Crippen LogP contribution in [-0.4, -0.2) is 26.6 Å². The highest BCUT2D eigenvalue weighted by Gasteiger charge is 2.08. The molecule has 5 nitrogen and oxygen atoms in total. The number of rotatable bonds is 3. The van der Waals surface area contributed by atoms with Crippen LogP contribution < -0.4 is 0 Å². The second-order valence-corrected chi connectivity index (χ2v) is 3.29. The molecule has 2 aromatic heterocycles. The summed E-state index contributed by atoms with van der Waals surface area (Å²) in [5, 5.41) is 10.4. The molecule has 0 saturated carbocycles. The van der Waals surface area contributed by atoms with Crippen LogP contribution in [0.4, 0.5) is 0 Å². The smallest absolute Gasteiger partial charge is 0.275 e. The third-order valence-corrected chi connectivity index (χ3v) is 2.02. The summed E-state index contributed by atoms with van der Waals surface area (Å²) in [6.45, 7) is 0. The van der Waals surface area contributed by atoms with E-state index in [9.17, 15) is 0 Å². The van der Waals surface area contributed by atoms with Crippen LogP contribution in [0.2, 0.25) is 0 Å². The molecule has 6 heteroatoms. The highest BCUT2D eigenvalue weighted by atomic mass is 32.2. The number of thioether (sulfide) groups is 1. The van der Waals surface area contributed by atoms with Crippen molar-refractivity contribution in [2.45, 2.75) is 5.75 Å². The average Bonchev–Trinajstić information content (AvgIpc) is 2.70. The predicted octanol–water partition coefficient (Wildman–Crippen LogP) is 1.32. The Bertz CT molecular complexity index is 370. The van der Waals surface area contributed by atoms with Crippen LogP contribution in [0.25, 0.3) is 11.6 Å². The maximum atomic E-state index is 5.02. The fourth-order valence-electron chi connectivity index (χ4n) is 0.926. The van der Waals surface area contributed by atoms with Crippen LogP contribution in [0.1, 0.15) is 5.82 Å². The van der Waals surface area contributed by atoms with Gasteiger partial charge < -0.3 is 4.52 Å². The molecule has 0 saturated heterocycles. The van der Waals surface area contributed by atoms with Crippen LogP contribution in [-0.2, 0) is 5.75 Å². The fraction of sp³-hybridized carbons (Fsp3) is 0.286. The van der Waals surface area contributed by atoms with Gasteiger partial charge in [-0.1, -0.05) is 5.16 Å². The minimum atomic E-state index is 0.488. The van der Waals surface area contributed by atoms with Crippen LogP contribution >= 0.6 is 11.8 Å². The molecule has 0 aliphatic rings. The second-order valence-electron chi connectivity index (χ2n) is 2.42. The van der Waals surface area contributed by atoms with Gasteiger partial charge in [-0.2, -0.15) is 21.8 Å². The van der Waals surface area contributed by atoms with Crippen molar-refractivity contribution in [3.63, 3.8) is 0 Å². The van der Waals surface area contributed by atoms with Gasteiger partial charge in [-0.05, 0) is 12.3 Å². The Labute approximate surface area is 78.9 Å². The third-order valence-electron chi connectivity index (χ3n) is 1.47. The second kappa shape index (κ2) is 3.61. The summed E-state index contributed by atoms with van der Waals surface area (Å²) in [5.74, 6) is 1.95. The molecular formula is C7H8N4OS. The molecule has 0 atom stereocenters. The van der Waals surface area contributed by atoms with Crippen molar-refractivity contribution in [3.05, 3.63) is 18.1 Å². The van der Waals surface area contributed by atoms with Crippen LogP contribution in [0.3, 0.4) is 0 Å². The lowest BCUT2D eigenvalue weighted by molar-refractivity contribution is 0.424. The Morgan fingerprint density at radius 1 is 1.62 bits per heavy atom. The first-order valence-corrected chi connectivity index (χ1v) is 5.11. The topological polar surface area (TPSA) is 67.6 Å². The van der Waals surface area contributed by atoms with Gasteiger partial charge in [0, 0.05) is 6.20 Å². The minimum Gasteiger partial charge on any atom is -0.332 e. The first-order chi connectivity index (χ1) is 6.40. The van der Waals surface area contributed by atoms with Crippen molar-refractivity contribution in [1.82, 2.24) is 20.3 Å². The normalized spacial score (nSPS) is 10.5. The Balaban J connectivity index is 2.23. The largest absolute Gasteiger partial charge is 0.332 e. The zero-order valence-electron chi connectivity index (χ0n) is 7.02. The van der Waals surface area contributed by atoms with Gasteiger partial charge in [0.15, 0.2) is 5.82 Å². The van der Waals surface area contributed by atoms with E-state index >= 15 is 0 Å². The summed E-state index contributed by atoms with van der Waals surface area (Å²) in [6, 6.07) is 1.79. The summed E-state index contributed by atoms with van der Waals surface area (Å²) in [4.78, 5) is 4.17. The van der Waals surface area contributed by atoms with Gasteiger partial charge in [-0.25, -0.2) is 0 Å². The molecule has 0 bridgehead atoms. The SMILES string of the molecule is CSCc1noc(-c2ccn[nH]2)n1. The third kappa shape index (κ3) is 1.72. The molecule has 13 heavy (non-hydrogen) atoms. The van der Waals surface area contributed by atoms with Crippen molar-refractivity contribution in [3.8, 4) is 11.6 Å². The monoisotopic (exact) mass is 196 g/mol. The number of nitrogens with zero attached hydrogens (tertiary/aromatic N) is 3. The van der Waals surface area contributed by atoms with Crippen molar-refractivity contribution in [2.24, 2.45) is 0 Å². The van der Waals surface area contributed by atoms with E-state index in [4.69, 9.17) is 4.52 Å². The van der Waals surface area contributed by atoms with E-state index in [0.717, 1.165) is 11.4 Å². The quantitative estimate of drug-likeness (QED) is 0.801. The molecule has 2 heterocycles. The van der Waals surface area contributed by atoms with E-state index in [-0.39, 0.29) is 0 Å². The molecule has 0 amide bonds. The lowest BCUT2D eigenvalue weighted by Crippen LogP contribution is -1.82. The van der Waals surface area contributed by atoms with Gasteiger partial charge in [0.2, 0.25) is 0 Å². The molecule has 0 aliphatic heterocycles. The molecule has 0 radical (unpaired) electrons. The Hall–Kier alpha value is -1.30. The molecule has 2 aromatic rings. The van der Waals surface area contributed by atoms with Crippen molar-refractivity contribution < 1.29 is 4.52 Å². The molecule has 0 aliphatic carbocycles. The number of hydrogen-bond acceptors (Lipinski definition) is 5. The molecule has 0 fully saturated rings. The van der Waals surface area contributed by atoms with E-state index < -0.39 is 0 Å². The Kier molecular flexibility index (Phi) is 2.31. The zero-order chi connectivity index (χ0) is 9.10. The number of nitrogens with one attached hydrogen (secondary N) is 1. The van der Waals surface area contributed by atoms with Gasteiger partial charge in [0.1, 0.15) is 5.69 Å². The number of aromatic amines is 1. The number of hydrogen-bond donors (Lipinski definition) is 1. The summed E-state index contributed by atoms with van der Waals surface area (Å²) in [6.07, 6.45) is 3.64. The van der Waals surface area contributed by atoms with Crippen molar-refractivity contribution >= 4 is 11.8 Å². The van der Waals surface area contributed by atoms with Crippen LogP contribution in [0.15, 0.2) is 16.8 Å². The van der Waals surface area contributed by atoms with Gasteiger partial charge >= 0.3 is 0 Å². The number of aromatic nitrogens is 4. The van der Waals surface area contributed by atoms with E-state index in [1.165, 1.54) is 0 Å². The molecule has 0 unspecified atom stereocenters. The molecule has 0 aromatic carbocycles. The highest BCUT2D eigenvalue weighted by Crippen LogP contribution is 2.14. The van der Waals surface area contributed by atoms with E-state index in [1.54, 1.807) is 24.0 Å². The molecule has 68 valence electrons. The molecular weight excluding hydrogens is 188 g/mol. The predicted molar refractivity (Wildman–Crippen MR) is 49.1 cm³/mol. The van der Waals surface area contributed by atoms with Gasteiger partial charge in [0.25, 0.3) is 5.89 Å². The van der Waals surface area contributed by atoms with Gasteiger partial charge in [0.05, 0.1) is 5.75 Å². The van der Waals surface area contributed by atoms with Crippen LogP contribution in [0, 0.1) is 0 Å². The maximum Gasteiger partial charge on any atom is 0.275 e. The molecule has 2 rings (SSSR count). The summed E-state index contributed by atoms with van der Waals surface area (Å²) in [7, 11) is 0. The summed E-state index contributed by atoms with van der Waals surface area (Å²) in [5.41, 5.74) is 0.750. The van der Waals surface area contributed by atoms with E-state index in [1.807, 2.05) is 6.26 Å². The number of H-pyrrole nitrogens is 1. The maximum absolute atomic E-state index is 5.02. The highest BCUT2D eigenvalue weighted by molar-refractivity contribution is 7.97. The molecule has 0 spiro atoms. The fourth-order valence-corrected chi connectivity index (χ4v) is 1.30. The standard InChI is InChI=1S/C7H8N4OS/c1-13-4-6-9-7(12-11-6)5-2-3-8-10-5/h2-3H,4H2,1H3,(H,8,10). The lowest BCUT2D eigenvalue weighted by atomic mass is 10.4.